The maximum Gasteiger partial charge on any atom is 0.142 e. The van der Waals surface area contributed by atoms with Crippen LogP contribution in [0.1, 0.15) is 25.7 Å². The number of ether oxygens (including phenoxy) is 1. The molecule has 2 heterocycles. The molecule has 6 heteroatoms. The van der Waals surface area contributed by atoms with E-state index in [1.807, 2.05) is 30.5 Å². The molecule has 0 spiro atoms. The Hall–Kier alpha value is -2.60. The fourth-order valence-electron chi connectivity index (χ4n) is 5.13. The van der Waals surface area contributed by atoms with Crippen molar-refractivity contribution in [1.29, 1.82) is 0 Å². The molecule has 2 aromatic rings. The zero-order valence-electron chi connectivity index (χ0n) is 19.8. The first-order valence-corrected chi connectivity index (χ1v) is 12.2. The van der Waals surface area contributed by atoms with Gasteiger partial charge >= 0.3 is 0 Å². The second-order valence-electron chi connectivity index (χ2n) is 9.20. The zero-order valence-corrected chi connectivity index (χ0v) is 19.8. The monoisotopic (exact) mass is 451 g/mol. The quantitative estimate of drug-likeness (QED) is 0.535. The van der Waals surface area contributed by atoms with Crippen molar-refractivity contribution in [2.24, 2.45) is 11.8 Å². The van der Waals surface area contributed by atoms with Gasteiger partial charge in [-0.25, -0.2) is 4.98 Å². The summed E-state index contributed by atoms with van der Waals surface area (Å²) in [6.45, 7) is 10.1. The van der Waals surface area contributed by atoms with Crippen LogP contribution in [0.15, 0.2) is 60.9 Å². The van der Waals surface area contributed by atoms with Crippen molar-refractivity contribution in [3.05, 3.63) is 60.9 Å². The van der Waals surface area contributed by atoms with E-state index in [-0.39, 0.29) is 12.6 Å². The number of para-hydroxylation sites is 2. The summed E-state index contributed by atoms with van der Waals surface area (Å²) in [5.74, 6) is 2.54. The summed E-state index contributed by atoms with van der Waals surface area (Å²) in [6, 6.07) is 14.3. The highest BCUT2D eigenvalue weighted by Crippen LogP contribution is 2.35. The summed E-state index contributed by atoms with van der Waals surface area (Å²) in [5.41, 5.74) is 2.31. The maximum atomic E-state index is 13.1. The highest BCUT2D eigenvalue weighted by Gasteiger charge is 2.27. The van der Waals surface area contributed by atoms with Crippen LogP contribution < -0.4 is 14.5 Å². The topological polar surface area (TPSA) is 31.8 Å². The first kappa shape index (κ1) is 23.6. The van der Waals surface area contributed by atoms with Crippen molar-refractivity contribution in [3.8, 4) is 5.75 Å². The van der Waals surface area contributed by atoms with Crippen LogP contribution in [-0.2, 0) is 0 Å². The Bertz CT molecular complexity index is 877. The Balaban J connectivity index is 1.35. The van der Waals surface area contributed by atoms with Gasteiger partial charge in [0.05, 0.1) is 19.5 Å². The Morgan fingerprint density at radius 1 is 1.06 bits per heavy atom. The smallest absolute Gasteiger partial charge is 0.142 e. The number of halogens is 1. The molecule has 0 atom stereocenters. The van der Waals surface area contributed by atoms with Crippen LogP contribution in [0.5, 0.6) is 5.75 Å². The molecule has 1 saturated heterocycles. The van der Waals surface area contributed by atoms with Crippen molar-refractivity contribution in [2.75, 3.05) is 62.9 Å². The second-order valence-corrected chi connectivity index (χ2v) is 9.20. The molecule has 1 aromatic heterocycles. The number of anilines is 2. The van der Waals surface area contributed by atoms with Gasteiger partial charge in [-0.15, -0.1) is 0 Å². The lowest BCUT2D eigenvalue weighted by Crippen LogP contribution is -2.48. The Kier molecular flexibility index (Phi) is 8.21. The molecule has 2 fully saturated rings. The van der Waals surface area contributed by atoms with Gasteiger partial charge in [-0.1, -0.05) is 24.8 Å². The Labute approximate surface area is 197 Å². The first-order chi connectivity index (χ1) is 16.2. The molecule has 1 saturated carbocycles. The van der Waals surface area contributed by atoms with Gasteiger partial charge in [-0.3, -0.25) is 9.29 Å². The molecule has 0 unspecified atom stereocenters. The zero-order chi connectivity index (χ0) is 23.0. The number of hydrogen-bond acceptors (Lipinski definition) is 5. The van der Waals surface area contributed by atoms with Crippen LogP contribution in [0.4, 0.5) is 15.9 Å². The third kappa shape index (κ3) is 5.85. The number of aromatic nitrogens is 1. The standard InChI is InChI=1S/C27H37FN4O/c1-22(24-12-10-23(21-28)11-13-24)32(27-9-5-6-14-29-27)20-17-30-15-18-31(19-16-30)25-7-3-4-8-26(25)33-2/h3-9,14,23-24H,1,10-13,15-21H2,2H3/i28-1. The molecule has 4 rings (SSSR count). The van der Waals surface area contributed by atoms with E-state index in [9.17, 15) is 4.39 Å². The minimum absolute atomic E-state index is 0.190. The SMILES string of the molecule is C=C(C1CCC(C[18F])CC1)N(CCN1CCN(c2ccccc2OC)CC1)c1ccccn1. The summed E-state index contributed by atoms with van der Waals surface area (Å²) in [4.78, 5) is 11.9. The summed E-state index contributed by atoms with van der Waals surface area (Å²) in [7, 11) is 1.73. The number of methoxy groups -OCH3 is 1. The van der Waals surface area contributed by atoms with Crippen molar-refractivity contribution < 1.29 is 9.13 Å². The number of benzene rings is 1. The molecule has 5 nitrogen and oxygen atoms in total. The van der Waals surface area contributed by atoms with E-state index < -0.39 is 0 Å². The molecule has 1 aliphatic carbocycles. The lowest BCUT2D eigenvalue weighted by atomic mass is 9.81. The maximum absolute atomic E-state index is 13.1. The number of piperazine rings is 1. The van der Waals surface area contributed by atoms with Crippen LogP contribution in [0, 0.1) is 11.8 Å². The number of nitrogens with zero attached hydrogens (tertiary/aromatic N) is 4. The first-order valence-electron chi connectivity index (χ1n) is 12.2. The largest absolute Gasteiger partial charge is 0.495 e. The van der Waals surface area contributed by atoms with Crippen LogP contribution in [0.2, 0.25) is 0 Å². The van der Waals surface area contributed by atoms with Crippen molar-refractivity contribution in [3.63, 3.8) is 0 Å². The predicted octanol–water partition coefficient (Wildman–Crippen LogP) is 5.01. The number of rotatable bonds is 9. The van der Waals surface area contributed by atoms with Gasteiger partial charge < -0.3 is 14.5 Å². The molecule has 0 N–H and O–H groups in total. The molecule has 33 heavy (non-hydrogen) atoms. The van der Waals surface area contributed by atoms with Crippen LogP contribution in [0.3, 0.4) is 0 Å². The number of hydrogen-bond donors (Lipinski definition) is 0. The molecule has 2 aliphatic rings. The van der Waals surface area contributed by atoms with Gasteiger partial charge in [0, 0.05) is 51.2 Å². The average Bonchev–Trinajstić information content (AvgIpc) is 2.89. The van der Waals surface area contributed by atoms with E-state index in [1.165, 1.54) is 5.69 Å². The number of alkyl halides is 1. The predicted molar refractivity (Wildman–Crippen MR) is 134 cm³/mol. The molecule has 0 bridgehead atoms. The number of pyridine rings is 1. The molecule has 1 aromatic carbocycles. The van der Waals surface area contributed by atoms with Crippen LogP contribution in [0.25, 0.3) is 0 Å². The molecular formula is C27H37FN4O. The van der Waals surface area contributed by atoms with Gasteiger partial charge in [0.15, 0.2) is 0 Å². The van der Waals surface area contributed by atoms with Crippen molar-refractivity contribution in [1.82, 2.24) is 9.88 Å². The molecule has 178 valence electrons. The fourth-order valence-corrected chi connectivity index (χ4v) is 5.13. The molecule has 1 aliphatic heterocycles. The molecular weight excluding hydrogens is 414 g/mol. The lowest BCUT2D eigenvalue weighted by Gasteiger charge is -2.39. The van der Waals surface area contributed by atoms with Gasteiger partial charge in [-0.05, 0) is 61.8 Å². The van der Waals surface area contributed by atoms with E-state index in [0.29, 0.717) is 5.92 Å². The summed E-state index contributed by atoms with van der Waals surface area (Å²) in [6.07, 6.45) is 5.81. The minimum Gasteiger partial charge on any atom is -0.495 e. The van der Waals surface area contributed by atoms with Gasteiger partial charge in [0.2, 0.25) is 0 Å². The molecule has 0 amide bonds. The van der Waals surface area contributed by atoms with E-state index in [4.69, 9.17) is 4.74 Å². The minimum atomic E-state index is -0.190. The Morgan fingerprint density at radius 3 is 2.45 bits per heavy atom. The second kappa shape index (κ2) is 11.5. The number of allylic oxidation sites excluding steroid dienone is 1. The van der Waals surface area contributed by atoms with E-state index in [0.717, 1.165) is 82.2 Å². The highest BCUT2D eigenvalue weighted by molar-refractivity contribution is 5.58. The van der Waals surface area contributed by atoms with Crippen molar-refractivity contribution in [2.45, 2.75) is 25.7 Å². The van der Waals surface area contributed by atoms with Crippen LogP contribution in [-0.4, -0.2) is 62.9 Å². The van der Waals surface area contributed by atoms with Gasteiger partial charge in [0.1, 0.15) is 11.6 Å². The average molecular weight is 452 g/mol. The Morgan fingerprint density at radius 2 is 1.79 bits per heavy atom. The lowest BCUT2D eigenvalue weighted by molar-refractivity contribution is 0.243. The highest BCUT2D eigenvalue weighted by atomic mass is 18.2. The van der Waals surface area contributed by atoms with E-state index in [1.54, 1.807) is 7.11 Å². The third-order valence-electron chi connectivity index (χ3n) is 7.25. The summed E-state index contributed by atoms with van der Waals surface area (Å²) < 4.78 is 18.6. The van der Waals surface area contributed by atoms with Gasteiger partial charge in [0.25, 0.3) is 0 Å². The van der Waals surface area contributed by atoms with Crippen LogP contribution >= 0.6 is 0 Å². The third-order valence-corrected chi connectivity index (χ3v) is 7.25. The van der Waals surface area contributed by atoms with Gasteiger partial charge in [-0.2, -0.15) is 0 Å². The van der Waals surface area contributed by atoms with E-state index in [2.05, 4.69) is 44.5 Å². The van der Waals surface area contributed by atoms with E-state index >= 15 is 0 Å². The molecule has 0 radical (unpaired) electrons. The summed E-state index contributed by atoms with van der Waals surface area (Å²) in [5, 5.41) is 0. The van der Waals surface area contributed by atoms with Crippen molar-refractivity contribution >= 4 is 11.5 Å². The fraction of sp³-hybridized carbons (Fsp3) is 0.519. The normalized spacial score (nSPS) is 21.6. The summed E-state index contributed by atoms with van der Waals surface area (Å²) >= 11 is 0.